The highest BCUT2D eigenvalue weighted by atomic mass is 35.5. The Kier molecular flexibility index (Phi) is 5.79. The normalized spacial score (nSPS) is 22.1. The fourth-order valence-corrected chi connectivity index (χ4v) is 4.31. The molecule has 1 atom stereocenters. The zero-order valence-electron chi connectivity index (χ0n) is 13.1. The fourth-order valence-electron chi connectivity index (χ4n) is 2.93. The monoisotopic (exact) mass is 387 g/mol. The van der Waals surface area contributed by atoms with Gasteiger partial charge in [0, 0.05) is 44.1 Å². The highest BCUT2D eigenvalue weighted by Gasteiger charge is 2.30. The Balaban J connectivity index is 1.61. The molecule has 0 aromatic heterocycles. The Morgan fingerprint density at radius 1 is 1.21 bits per heavy atom. The number of hydrogen-bond donors (Lipinski definition) is 1. The third kappa shape index (κ3) is 3.92. The second kappa shape index (κ2) is 7.85. The van der Waals surface area contributed by atoms with E-state index in [0.29, 0.717) is 48.4 Å². The molecule has 0 radical (unpaired) electrons. The molecular formula is C16H19Cl2N3O2S. The summed E-state index contributed by atoms with van der Waals surface area (Å²) < 4.78 is 0. The Hall–Kier alpha value is -1.11. The van der Waals surface area contributed by atoms with E-state index in [2.05, 4.69) is 10.2 Å². The number of nitrogens with zero attached hydrogens (tertiary/aromatic N) is 2. The maximum atomic E-state index is 12.6. The van der Waals surface area contributed by atoms with E-state index in [1.807, 2.05) is 17.0 Å². The summed E-state index contributed by atoms with van der Waals surface area (Å²) >= 11 is 14.0. The summed E-state index contributed by atoms with van der Waals surface area (Å²) in [6.07, 6.45) is 0.482. The van der Waals surface area contributed by atoms with Crippen LogP contribution in [0.4, 0.5) is 5.69 Å². The average Bonchev–Trinajstić information content (AvgIpc) is 2.81. The van der Waals surface area contributed by atoms with Gasteiger partial charge in [0.05, 0.1) is 15.7 Å². The summed E-state index contributed by atoms with van der Waals surface area (Å²) in [6.45, 7) is 2.61. The van der Waals surface area contributed by atoms with Gasteiger partial charge in [-0.1, -0.05) is 29.3 Å². The van der Waals surface area contributed by atoms with Crippen LogP contribution in [0.2, 0.25) is 10.0 Å². The first-order chi connectivity index (χ1) is 11.6. The summed E-state index contributed by atoms with van der Waals surface area (Å²) in [5.41, 5.74) is 0.898. The van der Waals surface area contributed by atoms with Gasteiger partial charge in [-0.2, -0.15) is 11.8 Å². The molecular weight excluding hydrogens is 369 g/mol. The van der Waals surface area contributed by atoms with E-state index in [0.717, 1.165) is 11.4 Å². The lowest BCUT2D eigenvalue weighted by Gasteiger charge is -2.37. The standard InChI is InChI=1S/C16H19Cl2N3O2S/c17-11-2-1-3-13(15(11)18)20-5-7-21(8-6-20)16(23)12-10-24-9-4-14(22)19-12/h1-3,12H,4-10H2,(H,19,22)/t12-/m1/s1. The van der Waals surface area contributed by atoms with E-state index in [-0.39, 0.29) is 11.8 Å². The van der Waals surface area contributed by atoms with Crippen molar-refractivity contribution in [2.75, 3.05) is 42.6 Å². The van der Waals surface area contributed by atoms with E-state index in [1.54, 1.807) is 17.8 Å². The molecule has 0 spiro atoms. The molecule has 1 aromatic carbocycles. The third-order valence-corrected chi connectivity index (χ3v) is 6.13. The first-order valence-electron chi connectivity index (χ1n) is 7.91. The molecule has 8 heteroatoms. The Labute approximate surface area is 155 Å². The zero-order valence-corrected chi connectivity index (χ0v) is 15.5. The highest BCUT2D eigenvalue weighted by Crippen LogP contribution is 2.32. The highest BCUT2D eigenvalue weighted by molar-refractivity contribution is 7.99. The van der Waals surface area contributed by atoms with Crippen molar-refractivity contribution in [1.29, 1.82) is 0 Å². The summed E-state index contributed by atoms with van der Waals surface area (Å²) in [6, 6.07) is 5.17. The van der Waals surface area contributed by atoms with Gasteiger partial charge in [0.2, 0.25) is 11.8 Å². The predicted octanol–water partition coefficient (Wildman–Crippen LogP) is 2.26. The molecule has 1 aromatic rings. The Bertz CT molecular complexity index is 636. The number of rotatable bonds is 2. The lowest BCUT2D eigenvalue weighted by molar-refractivity contribution is -0.135. The second-order valence-corrected chi connectivity index (χ2v) is 7.77. The van der Waals surface area contributed by atoms with Crippen LogP contribution in [0, 0.1) is 0 Å². The van der Waals surface area contributed by atoms with Crippen LogP contribution < -0.4 is 10.2 Å². The predicted molar refractivity (Wildman–Crippen MR) is 99.1 cm³/mol. The molecule has 2 aliphatic rings. The minimum Gasteiger partial charge on any atom is -0.367 e. The maximum absolute atomic E-state index is 12.6. The number of nitrogens with one attached hydrogen (secondary N) is 1. The number of amides is 2. The van der Waals surface area contributed by atoms with E-state index in [1.165, 1.54) is 0 Å². The molecule has 0 saturated carbocycles. The van der Waals surface area contributed by atoms with Crippen molar-refractivity contribution in [3.05, 3.63) is 28.2 Å². The van der Waals surface area contributed by atoms with Crippen molar-refractivity contribution in [3.63, 3.8) is 0 Å². The van der Waals surface area contributed by atoms with Gasteiger partial charge >= 0.3 is 0 Å². The van der Waals surface area contributed by atoms with Crippen LogP contribution in [0.1, 0.15) is 6.42 Å². The van der Waals surface area contributed by atoms with Gasteiger partial charge in [-0.15, -0.1) is 0 Å². The summed E-state index contributed by atoms with van der Waals surface area (Å²) in [5, 5.41) is 3.91. The molecule has 0 aliphatic carbocycles. The molecule has 2 heterocycles. The van der Waals surface area contributed by atoms with E-state index >= 15 is 0 Å². The van der Waals surface area contributed by atoms with E-state index in [4.69, 9.17) is 23.2 Å². The molecule has 130 valence electrons. The molecule has 3 rings (SSSR count). The second-order valence-electron chi connectivity index (χ2n) is 5.83. The number of piperazine rings is 1. The van der Waals surface area contributed by atoms with Crippen LogP contribution in [0.5, 0.6) is 0 Å². The van der Waals surface area contributed by atoms with Gasteiger partial charge in [-0.05, 0) is 12.1 Å². The van der Waals surface area contributed by atoms with Crippen molar-refractivity contribution in [3.8, 4) is 0 Å². The van der Waals surface area contributed by atoms with Crippen molar-refractivity contribution in [2.24, 2.45) is 0 Å². The summed E-state index contributed by atoms with van der Waals surface area (Å²) in [4.78, 5) is 28.3. The number of anilines is 1. The van der Waals surface area contributed by atoms with Gasteiger partial charge < -0.3 is 15.1 Å². The van der Waals surface area contributed by atoms with Gasteiger partial charge in [-0.25, -0.2) is 0 Å². The van der Waals surface area contributed by atoms with Gasteiger partial charge in [-0.3, -0.25) is 9.59 Å². The Morgan fingerprint density at radius 3 is 2.71 bits per heavy atom. The van der Waals surface area contributed by atoms with Crippen molar-refractivity contribution < 1.29 is 9.59 Å². The van der Waals surface area contributed by atoms with Gasteiger partial charge in [0.1, 0.15) is 6.04 Å². The lowest BCUT2D eigenvalue weighted by Crippen LogP contribution is -2.55. The molecule has 2 amide bonds. The average molecular weight is 388 g/mol. The number of carbonyl (C=O) groups is 2. The molecule has 2 saturated heterocycles. The Morgan fingerprint density at radius 2 is 1.96 bits per heavy atom. The molecule has 1 N–H and O–H groups in total. The van der Waals surface area contributed by atoms with Crippen molar-refractivity contribution in [1.82, 2.24) is 10.2 Å². The van der Waals surface area contributed by atoms with Crippen LogP contribution in [-0.4, -0.2) is 60.4 Å². The van der Waals surface area contributed by atoms with E-state index in [9.17, 15) is 9.59 Å². The van der Waals surface area contributed by atoms with Gasteiger partial charge in [0.25, 0.3) is 0 Å². The topological polar surface area (TPSA) is 52.7 Å². The summed E-state index contributed by atoms with van der Waals surface area (Å²) in [7, 11) is 0. The molecule has 5 nitrogen and oxygen atoms in total. The largest absolute Gasteiger partial charge is 0.367 e. The smallest absolute Gasteiger partial charge is 0.246 e. The van der Waals surface area contributed by atoms with E-state index < -0.39 is 6.04 Å². The van der Waals surface area contributed by atoms with Crippen LogP contribution in [0.25, 0.3) is 0 Å². The fraction of sp³-hybridized carbons (Fsp3) is 0.500. The number of carbonyl (C=O) groups excluding carboxylic acids is 2. The zero-order chi connectivity index (χ0) is 17.1. The van der Waals surface area contributed by atoms with Crippen LogP contribution >= 0.6 is 35.0 Å². The van der Waals surface area contributed by atoms with Crippen LogP contribution in [-0.2, 0) is 9.59 Å². The first kappa shape index (κ1) is 17.7. The quantitative estimate of drug-likeness (QED) is 0.845. The third-order valence-electron chi connectivity index (χ3n) is 4.25. The number of halogens is 2. The van der Waals surface area contributed by atoms with Crippen molar-refractivity contribution in [2.45, 2.75) is 12.5 Å². The molecule has 24 heavy (non-hydrogen) atoms. The molecule has 2 aliphatic heterocycles. The lowest BCUT2D eigenvalue weighted by atomic mass is 10.2. The maximum Gasteiger partial charge on any atom is 0.246 e. The number of hydrogen-bond acceptors (Lipinski definition) is 4. The van der Waals surface area contributed by atoms with Crippen LogP contribution in [0.3, 0.4) is 0 Å². The van der Waals surface area contributed by atoms with Crippen molar-refractivity contribution >= 4 is 52.5 Å². The minimum absolute atomic E-state index is 0.00888. The SMILES string of the molecule is O=C1CCSC[C@H](C(=O)N2CCN(c3cccc(Cl)c3Cl)CC2)N1. The minimum atomic E-state index is -0.411. The number of benzene rings is 1. The molecule has 0 unspecified atom stereocenters. The number of thioether (sulfide) groups is 1. The molecule has 2 fully saturated rings. The van der Waals surface area contributed by atoms with Gasteiger partial charge in [0.15, 0.2) is 0 Å². The first-order valence-corrected chi connectivity index (χ1v) is 9.82. The van der Waals surface area contributed by atoms with Crippen LogP contribution in [0.15, 0.2) is 18.2 Å². The summed E-state index contributed by atoms with van der Waals surface area (Å²) in [5.74, 6) is 1.39. The molecule has 0 bridgehead atoms.